The molecule has 2 aromatic heterocycles. The van der Waals surface area contributed by atoms with Gasteiger partial charge in [-0.3, -0.25) is 4.79 Å². The van der Waals surface area contributed by atoms with E-state index in [0.29, 0.717) is 18.1 Å². The molecule has 1 amide bonds. The average Bonchev–Trinajstić information content (AvgIpc) is 3.41. The van der Waals surface area contributed by atoms with Crippen molar-refractivity contribution in [2.45, 2.75) is 57.4 Å². The monoisotopic (exact) mass is 464 g/mol. The lowest BCUT2D eigenvalue weighted by Crippen LogP contribution is -2.36. The fraction of sp³-hybridized carbons (Fsp3) is 0.500. The SMILES string of the molecule is CC1(C)C[C@H](c2ccc(CN3CCC4(CCSCC4)C3=O)cc2)c2cnc3cc(F)nn3c21. The molecule has 2 saturated heterocycles. The molecule has 1 spiro atoms. The van der Waals surface area contributed by atoms with Gasteiger partial charge in [0.05, 0.1) is 11.1 Å². The van der Waals surface area contributed by atoms with Crippen molar-refractivity contribution in [3.8, 4) is 0 Å². The molecule has 0 radical (unpaired) electrons. The quantitative estimate of drug-likeness (QED) is 0.552. The Morgan fingerprint density at radius 1 is 1.15 bits per heavy atom. The number of aromatic nitrogens is 3. The Kier molecular flexibility index (Phi) is 4.84. The Morgan fingerprint density at radius 3 is 2.67 bits per heavy atom. The topological polar surface area (TPSA) is 50.5 Å². The summed E-state index contributed by atoms with van der Waals surface area (Å²) >= 11 is 1.97. The van der Waals surface area contributed by atoms with Crippen LogP contribution in [-0.4, -0.2) is 43.5 Å². The van der Waals surface area contributed by atoms with Crippen molar-refractivity contribution in [3.05, 3.63) is 64.9 Å². The molecule has 4 heterocycles. The summed E-state index contributed by atoms with van der Waals surface area (Å²) in [6.45, 7) is 5.95. The van der Waals surface area contributed by atoms with Crippen molar-refractivity contribution in [1.29, 1.82) is 0 Å². The number of benzene rings is 1. The van der Waals surface area contributed by atoms with E-state index in [1.54, 1.807) is 4.52 Å². The van der Waals surface area contributed by atoms with Crippen LogP contribution in [0.15, 0.2) is 36.5 Å². The second-order valence-corrected chi connectivity index (χ2v) is 11.8. The Hall–Kier alpha value is -2.41. The van der Waals surface area contributed by atoms with E-state index in [-0.39, 0.29) is 16.7 Å². The van der Waals surface area contributed by atoms with E-state index in [0.717, 1.165) is 55.0 Å². The largest absolute Gasteiger partial charge is 0.338 e. The van der Waals surface area contributed by atoms with Crippen molar-refractivity contribution >= 4 is 23.3 Å². The van der Waals surface area contributed by atoms with Crippen molar-refractivity contribution in [1.82, 2.24) is 19.5 Å². The second-order valence-electron chi connectivity index (χ2n) is 10.6. The highest BCUT2D eigenvalue weighted by Gasteiger charge is 2.47. The van der Waals surface area contributed by atoms with E-state index < -0.39 is 5.95 Å². The molecule has 6 rings (SSSR count). The molecular formula is C26H29FN4OS. The highest BCUT2D eigenvalue weighted by Crippen LogP contribution is 2.48. The van der Waals surface area contributed by atoms with Crippen molar-refractivity contribution in [3.63, 3.8) is 0 Å². The van der Waals surface area contributed by atoms with Gasteiger partial charge in [-0.15, -0.1) is 5.10 Å². The third-order valence-corrected chi connectivity index (χ3v) is 9.00. The molecule has 172 valence electrons. The third kappa shape index (κ3) is 3.38. The summed E-state index contributed by atoms with van der Waals surface area (Å²) in [7, 11) is 0. The average molecular weight is 465 g/mol. The summed E-state index contributed by atoms with van der Waals surface area (Å²) < 4.78 is 15.5. The van der Waals surface area contributed by atoms with Crippen LogP contribution in [0.3, 0.4) is 0 Å². The zero-order valence-corrected chi connectivity index (χ0v) is 20.0. The number of carbonyl (C=O) groups is 1. The van der Waals surface area contributed by atoms with Gasteiger partial charge < -0.3 is 4.90 Å². The number of hydrogen-bond donors (Lipinski definition) is 0. The molecular weight excluding hydrogens is 435 g/mol. The lowest BCUT2D eigenvalue weighted by molar-refractivity contribution is -0.136. The maximum atomic E-state index is 13.8. The molecule has 1 aliphatic carbocycles. The smallest absolute Gasteiger partial charge is 0.235 e. The summed E-state index contributed by atoms with van der Waals surface area (Å²) in [5.41, 5.74) is 4.91. The van der Waals surface area contributed by atoms with Crippen molar-refractivity contribution in [2.24, 2.45) is 5.41 Å². The normalized spacial score (nSPS) is 23.5. The van der Waals surface area contributed by atoms with E-state index in [4.69, 9.17) is 0 Å². The number of nitrogens with zero attached hydrogens (tertiary/aromatic N) is 4. The van der Waals surface area contributed by atoms with E-state index >= 15 is 0 Å². The first-order chi connectivity index (χ1) is 15.9. The minimum Gasteiger partial charge on any atom is -0.338 e. The lowest BCUT2D eigenvalue weighted by Gasteiger charge is -2.31. The van der Waals surface area contributed by atoms with Crippen LogP contribution in [0.1, 0.15) is 67.8 Å². The molecule has 0 bridgehead atoms. The van der Waals surface area contributed by atoms with Gasteiger partial charge in [0.2, 0.25) is 11.9 Å². The van der Waals surface area contributed by atoms with E-state index in [1.807, 2.05) is 18.0 Å². The Balaban J connectivity index is 1.24. The number of thioether (sulfide) groups is 1. The first-order valence-corrected chi connectivity index (χ1v) is 13.0. The Bertz CT molecular complexity index is 1230. The molecule has 1 aromatic carbocycles. The van der Waals surface area contributed by atoms with Crippen molar-refractivity contribution in [2.75, 3.05) is 18.1 Å². The highest BCUT2D eigenvalue weighted by molar-refractivity contribution is 7.99. The van der Waals surface area contributed by atoms with Gasteiger partial charge in [-0.1, -0.05) is 38.1 Å². The summed E-state index contributed by atoms with van der Waals surface area (Å²) in [5.74, 6) is 2.29. The fourth-order valence-corrected chi connectivity index (χ4v) is 7.49. The molecule has 1 atom stereocenters. The van der Waals surface area contributed by atoms with Gasteiger partial charge in [0.25, 0.3) is 0 Å². The number of halogens is 1. The minimum atomic E-state index is -0.496. The van der Waals surface area contributed by atoms with Gasteiger partial charge in [0, 0.05) is 42.2 Å². The summed E-state index contributed by atoms with van der Waals surface area (Å²) in [6, 6.07) is 10.1. The number of hydrogen-bond acceptors (Lipinski definition) is 4. The van der Waals surface area contributed by atoms with Crippen molar-refractivity contribution < 1.29 is 9.18 Å². The molecule has 0 saturated carbocycles. The zero-order valence-electron chi connectivity index (χ0n) is 19.2. The van der Waals surface area contributed by atoms with Gasteiger partial charge >= 0.3 is 0 Å². The predicted octanol–water partition coefficient (Wildman–Crippen LogP) is 4.93. The van der Waals surface area contributed by atoms with Gasteiger partial charge in [-0.05, 0) is 48.3 Å². The molecule has 0 N–H and O–H groups in total. The first-order valence-electron chi connectivity index (χ1n) is 11.9. The summed E-state index contributed by atoms with van der Waals surface area (Å²) in [6.07, 6.45) is 5.89. The minimum absolute atomic E-state index is 0.0886. The van der Waals surface area contributed by atoms with E-state index in [2.05, 4.69) is 53.1 Å². The number of amides is 1. The van der Waals surface area contributed by atoms with Crippen LogP contribution in [0.25, 0.3) is 5.65 Å². The molecule has 2 fully saturated rings. The lowest BCUT2D eigenvalue weighted by atomic mass is 9.80. The number of likely N-dealkylation sites (tertiary alicyclic amines) is 1. The molecule has 2 aliphatic heterocycles. The maximum Gasteiger partial charge on any atom is 0.235 e. The highest BCUT2D eigenvalue weighted by atomic mass is 32.2. The zero-order chi connectivity index (χ0) is 22.8. The molecule has 33 heavy (non-hydrogen) atoms. The molecule has 3 aromatic rings. The first kappa shape index (κ1) is 21.1. The third-order valence-electron chi connectivity index (χ3n) is 8.02. The molecule has 3 aliphatic rings. The Morgan fingerprint density at radius 2 is 1.91 bits per heavy atom. The van der Waals surface area contributed by atoms with Crippen LogP contribution in [0.5, 0.6) is 0 Å². The summed E-state index contributed by atoms with van der Waals surface area (Å²) in [5, 5.41) is 4.07. The van der Waals surface area contributed by atoms with Crippen LogP contribution < -0.4 is 0 Å². The van der Waals surface area contributed by atoms with Gasteiger partial charge in [-0.25, -0.2) is 9.50 Å². The van der Waals surface area contributed by atoms with Crippen LogP contribution in [-0.2, 0) is 16.8 Å². The summed E-state index contributed by atoms with van der Waals surface area (Å²) in [4.78, 5) is 19.7. The standard InChI is InChI=1S/C26H29FN4OS/c1-25(2)14-19(20-15-28-22-13-21(27)29-31(22)23(20)25)18-5-3-17(4-6-18)16-30-10-7-26(24(30)32)8-11-33-12-9-26/h3-6,13,15,19H,7-12,14,16H2,1-2H3/t19-/m1/s1. The number of carbonyl (C=O) groups excluding carboxylic acids is 1. The van der Waals surface area contributed by atoms with E-state index in [1.165, 1.54) is 17.2 Å². The second kappa shape index (κ2) is 7.55. The number of rotatable bonds is 3. The fourth-order valence-electron chi connectivity index (χ4n) is 6.21. The maximum absolute atomic E-state index is 13.8. The van der Waals surface area contributed by atoms with Gasteiger partial charge in [0.15, 0.2) is 5.65 Å². The van der Waals surface area contributed by atoms with Crippen LogP contribution in [0.4, 0.5) is 4.39 Å². The number of fused-ring (bicyclic) bond motifs is 3. The Labute approximate surface area is 197 Å². The predicted molar refractivity (Wildman–Crippen MR) is 128 cm³/mol. The molecule has 5 nitrogen and oxygen atoms in total. The van der Waals surface area contributed by atoms with Crippen LogP contribution in [0.2, 0.25) is 0 Å². The van der Waals surface area contributed by atoms with Crippen LogP contribution >= 0.6 is 11.8 Å². The molecule has 0 unspecified atom stereocenters. The van der Waals surface area contributed by atoms with Gasteiger partial charge in [0.1, 0.15) is 0 Å². The van der Waals surface area contributed by atoms with E-state index in [9.17, 15) is 9.18 Å². The molecule has 7 heteroatoms. The van der Waals surface area contributed by atoms with Crippen LogP contribution in [0, 0.1) is 11.4 Å². The van der Waals surface area contributed by atoms with Gasteiger partial charge in [-0.2, -0.15) is 16.2 Å².